The number of allylic oxidation sites excluding steroid dienone is 1. The molecule has 0 radical (unpaired) electrons. The summed E-state index contributed by atoms with van der Waals surface area (Å²) in [7, 11) is 0. The quantitative estimate of drug-likeness (QED) is 0.501. The number of rotatable bonds is 7. The van der Waals surface area contributed by atoms with E-state index in [-0.39, 0.29) is 5.91 Å². The number of benzene rings is 2. The molecule has 0 aliphatic carbocycles. The molecule has 0 fully saturated rings. The number of nitrogens with one attached hydrogen (secondary N) is 1. The van der Waals surface area contributed by atoms with Crippen molar-refractivity contribution in [3.8, 4) is 17.1 Å². The fourth-order valence-corrected chi connectivity index (χ4v) is 2.93. The van der Waals surface area contributed by atoms with Gasteiger partial charge in [0, 0.05) is 23.2 Å². The summed E-state index contributed by atoms with van der Waals surface area (Å²) >= 11 is 0. The normalized spacial score (nSPS) is 10.4. The van der Waals surface area contributed by atoms with Crippen molar-refractivity contribution in [3.63, 3.8) is 0 Å². The van der Waals surface area contributed by atoms with Gasteiger partial charge in [0.1, 0.15) is 5.82 Å². The molecule has 0 spiro atoms. The molecule has 27 heavy (non-hydrogen) atoms. The summed E-state index contributed by atoms with van der Waals surface area (Å²) in [5.74, 6) is 0.680. The molecule has 1 N–H and O–H groups in total. The van der Waals surface area contributed by atoms with Crippen LogP contribution in [0.1, 0.15) is 18.3 Å². The van der Waals surface area contributed by atoms with Gasteiger partial charge in [-0.1, -0.05) is 61.2 Å². The Hall–Kier alpha value is -3.40. The molecule has 0 unspecified atom stereocenters. The van der Waals surface area contributed by atoms with Crippen LogP contribution in [-0.4, -0.2) is 15.5 Å². The number of nitrogens with zero attached hydrogens (tertiary/aromatic N) is 2. The zero-order chi connectivity index (χ0) is 19.2. The zero-order valence-corrected chi connectivity index (χ0v) is 15.5. The lowest BCUT2D eigenvalue weighted by molar-refractivity contribution is -0.117. The Bertz CT molecular complexity index is 956. The molecule has 0 bridgehead atoms. The van der Waals surface area contributed by atoms with Crippen molar-refractivity contribution in [2.45, 2.75) is 19.9 Å². The summed E-state index contributed by atoms with van der Waals surface area (Å²) in [6.45, 7) is 9.63. The first-order valence-corrected chi connectivity index (χ1v) is 8.87. The van der Waals surface area contributed by atoms with Gasteiger partial charge in [-0.05, 0) is 19.1 Å². The average Bonchev–Trinajstić information content (AvgIpc) is 3.06. The number of para-hydroxylation sites is 1. The van der Waals surface area contributed by atoms with Crippen LogP contribution in [0.25, 0.3) is 17.1 Å². The monoisotopic (exact) mass is 357 g/mol. The lowest BCUT2D eigenvalue weighted by Gasteiger charge is -2.14. The van der Waals surface area contributed by atoms with Gasteiger partial charge in [0.2, 0.25) is 5.91 Å². The Kier molecular flexibility index (Phi) is 5.67. The first kappa shape index (κ1) is 18.4. The molecule has 0 saturated carbocycles. The van der Waals surface area contributed by atoms with Crippen molar-refractivity contribution in [1.29, 1.82) is 0 Å². The van der Waals surface area contributed by atoms with Gasteiger partial charge in [-0.3, -0.25) is 9.36 Å². The topological polar surface area (TPSA) is 46.9 Å². The first-order chi connectivity index (χ1) is 13.1. The van der Waals surface area contributed by atoms with Crippen molar-refractivity contribution in [1.82, 2.24) is 14.9 Å². The molecule has 4 heteroatoms. The second-order valence-corrected chi connectivity index (χ2v) is 6.32. The molecule has 0 saturated heterocycles. The Morgan fingerprint density at radius 1 is 1.11 bits per heavy atom. The van der Waals surface area contributed by atoms with Crippen molar-refractivity contribution < 1.29 is 4.79 Å². The van der Waals surface area contributed by atoms with E-state index in [0.29, 0.717) is 18.5 Å². The maximum absolute atomic E-state index is 12.0. The third-order valence-corrected chi connectivity index (χ3v) is 4.24. The molecule has 1 heterocycles. The van der Waals surface area contributed by atoms with Crippen molar-refractivity contribution in [2.24, 2.45) is 0 Å². The minimum absolute atomic E-state index is 0.165. The van der Waals surface area contributed by atoms with E-state index in [1.54, 1.807) is 6.92 Å². The van der Waals surface area contributed by atoms with E-state index in [9.17, 15) is 4.79 Å². The number of hydrogen-bond acceptors (Lipinski definition) is 2. The Labute approximate surface area is 159 Å². The Balaban J connectivity index is 2.16. The minimum Gasteiger partial charge on any atom is -0.347 e. The molecule has 1 aromatic heterocycles. The van der Waals surface area contributed by atoms with Crippen molar-refractivity contribution >= 4 is 5.91 Å². The molecular formula is C23H23N3O. The molecule has 1 amide bonds. The van der Waals surface area contributed by atoms with Crippen LogP contribution in [-0.2, 0) is 17.8 Å². The van der Waals surface area contributed by atoms with Gasteiger partial charge in [-0.15, -0.1) is 6.58 Å². The zero-order valence-electron chi connectivity index (χ0n) is 15.5. The van der Waals surface area contributed by atoms with Crippen molar-refractivity contribution in [3.05, 3.63) is 96.9 Å². The van der Waals surface area contributed by atoms with Crippen LogP contribution in [0.3, 0.4) is 0 Å². The van der Waals surface area contributed by atoms with E-state index in [1.807, 2.05) is 66.7 Å². The van der Waals surface area contributed by atoms with E-state index in [2.05, 4.69) is 23.0 Å². The van der Waals surface area contributed by atoms with Gasteiger partial charge < -0.3 is 5.32 Å². The predicted molar refractivity (Wildman–Crippen MR) is 110 cm³/mol. The average molecular weight is 357 g/mol. The largest absolute Gasteiger partial charge is 0.347 e. The maximum atomic E-state index is 12.0. The molecule has 0 aliphatic heterocycles. The summed E-state index contributed by atoms with van der Waals surface area (Å²) in [5, 5.41) is 2.94. The third kappa shape index (κ3) is 4.06. The lowest BCUT2D eigenvalue weighted by Crippen LogP contribution is -2.25. The fraction of sp³-hybridized carbons (Fsp3) is 0.130. The van der Waals surface area contributed by atoms with Crippen LogP contribution in [0.5, 0.6) is 0 Å². The van der Waals surface area contributed by atoms with E-state index in [1.165, 1.54) is 0 Å². The Morgan fingerprint density at radius 2 is 1.74 bits per heavy atom. The van der Waals surface area contributed by atoms with Gasteiger partial charge in [0.05, 0.1) is 17.9 Å². The van der Waals surface area contributed by atoms with Crippen LogP contribution in [0.15, 0.2) is 85.5 Å². The standard InChI is InChI=1S/C23H23N3O/c1-4-11-20-21(16-24-23(27)17(2)3)26(19-14-9-6-10-15-19)22(25-20)18-12-7-5-8-13-18/h4-10,12-15H,1-2,11,16H2,3H3,(H,24,27). The van der Waals surface area contributed by atoms with Crippen molar-refractivity contribution in [2.75, 3.05) is 0 Å². The van der Waals surface area contributed by atoms with Gasteiger partial charge in [-0.2, -0.15) is 0 Å². The van der Waals surface area contributed by atoms with Crippen LogP contribution >= 0.6 is 0 Å². The van der Waals surface area contributed by atoms with E-state index < -0.39 is 0 Å². The van der Waals surface area contributed by atoms with Gasteiger partial charge in [0.25, 0.3) is 0 Å². The highest BCUT2D eigenvalue weighted by atomic mass is 16.1. The lowest BCUT2D eigenvalue weighted by atomic mass is 10.2. The van der Waals surface area contributed by atoms with Gasteiger partial charge in [-0.25, -0.2) is 4.98 Å². The SMILES string of the molecule is C=CCc1nc(-c2ccccc2)n(-c2ccccc2)c1CNC(=O)C(=C)C. The summed E-state index contributed by atoms with van der Waals surface area (Å²) < 4.78 is 2.10. The molecule has 2 aromatic carbocycles. The molecule has 3 rings (SSSR count). The van der Waals surface area contributed by atoms with Crippen LogP contribution in [0.4, 0.5) is 0 Å². The second kappa shape index (κ2) is 8.32. The molecule has 4 nitrogen and oxygen atoms in total. The number of carbonyl (C=O) groups excluding carboxylic acids is 1. The highest BCUT2D eigenvalue weighted by Gasteiger charge is 2.19. The van der Waals surface area contributed by atoms with E-state index >= 15 is 0 Å². The molecule has 0 atom stereocenters. The highest BCUT2D eigenvalue weighted by molar-refractivity contribution is 5.92. The number of hydrogen-bond donors (Lipinski definition) is 1. The smallest absolute Gasteiger partial charge is 0.246 e. The predicted octanol–water partition coefficient (Wildman–Crippen LogP) is 4.46. The minimum atomic E-state index is -0.165. The first-order valence-electron chi connectivity index (χ1n) is 8.87. The summed E-state index contributed by atoms with van der Waals surface area (Å²) in [4.78, 5) is 16.9. The molecular weight excluding hydrogens is 334 g/mol. The van der Waals surface area contributed by atoms with Gasteiger partial charge >= 0.3 is 0 Å². The fourth-order valence-electron chi connectivity index (χ4n) is 2.93. The molecule has 3 aromatic rings. The van der Waals surface area contributed by atoms with E-state index in [0.717, 1.165) is 28.5 Å². The van der Waals surface area contributed by atoms with Crippen LogP contribution < -0.4 is 5.32 Å². The maximum Gasteiger partial charge on any atom is 0.246 e. The van der Waals surface area contributed by atoms with E-state index in [4.69, 9.17) is 4.98 Å². The summed E-state index contributed by atoms with van der Waals surface area (Å²) in [5.41, 5.74) is 4.33. The Morgan fingerprint density at radius 3 is 2.33 bits per heavy atom. The number of carbonyl (C=O) groups is 1. The number of aromatic nitrogens is 2. The number of amides is 1. The molecule has 0 aliphatic rings. The summed E-state index contributed by atoms with van der Waals surface area (Å²) in [6.07, 6.45) is 2.45. The summed E-state index contributed by atoms with van der Waals surface area (Å²) in [6, 6.07) is 20.1. The molecule has 136 valence electrons. The van der Waals surface area contributed by atoms with Crippen LogP contribution in [0, 0.1) is 0 Å². The second-order valence-electron chi connectivity index (χ2n) is 6.32. The number of imidazole rings is 1. The van der Waals surface area contributed by atoms with Gasteiger partial charge in [0.15, 0.2) is 0 Å². The van der Waals surface area contributed by atoms with Crippen LogP contribution in [0.2, 0.25) is 0 Å². The third-order valence-electron chi connectivity index (χ3n) is 4.24. The highest BCUT2D eigenvalue weighted by Crippen LogP contribution is 2.27.